The van der Waals surface area contributed by atoms with E-state index in [0.29, 0.717) is 32.1 Å². The van der Waals surface area contributed by atoms with Crippen LogP contribution in [0.4, 0.5) is 0 Å². The van der Waals surface area contributed by atoms with Crippen LogP contribution in [0.25, 0.3) is 0 Å². The summed E-state index contributed by atoms with van der Waals surface area (Å²) in [5.74, 6) is 0. The van der Waals surface area contributed by atoms with Gasteiger partial charge in [0, 0.05) is 0 Å². The highest BCUT2D eigenvalue weighted by atomic mass is 32.2. The van der Waals surface area contributed by atoms with Crippen LogP contribution in [0.3, 0.4) is 0 Å². The van der Waals surface area contributed by atoms with Crippen LogP contribution in [0.2, 0.25) is 0 Å². The van der Waals surface area contributed by atoms with Crippen molar-refractivity contribution in [2.45, 2.75) is 41.9 Å². The fourth-order valence-corrected chi connectivity index (χ4v) is 5.67. The lowest BCUT2D eigenvalue weighted by molar-refractivity contribution is 0.595. The molecule has 2 rings (SSSR count). The Morgan fingerprint density at radius 2 is 0.966 bits per heavy atom. The highest BCUT2D eigenvalue weighted by molar-refractivity contribution is 7.95. The Bertz CT molecular complexity index is 1040. The van der Waals surface area contributed by atoms with Crippen molar-refractivity contribution in [1.29, 1.82) is 0 Å². The molecule has 0 radical (unpaired) electrons. The lowest BCUT2D eigenvalue weighted by atomic mass is 10.1. The molecule has 0 N–H and O–H groups in total. The Kier molecular flexibility index (Phi) is 8.00. The molecular weight excluding hydrogens is 404 g/mol. The van der Waals surface area contributed by atoms with Gasteiger partial charge in [0.15, 0.2) is 0 Å². The summed E-state index contributed by atoms with van der Waals surface area (Å²) in [6.45, 7) is 7.03. The first-order valence-corrected chi connectivity index (χ1v) is 12.2. The maximum Gasteiger partial charge on any atom is 0.209 e. The summed E-state index contributed by atoms with van der Waals surface area (Å²) >= 11 is 0. The molecule has 0 bridgehead atoms. The van der Waals surface area contributed by atoms with Crippen LogP contribution in [0.15, 0.2) is 105 Å². The first-order chi connectivity index (χ1) is 13.8. The maximum atomic E-state index is 12.6. The average molecular weight is 429 g/mol. The summed E-state index contributed by atoms with van der Waals surface area (Å²) in [4.78, 5) is 0.745. The molecule has 0 aromatic heterocycles. The fourth-order valence-electron chi connectivity index (χ4n) is 2.87. The number of rotatable bonds is 10. The van der Waals surface area contributed by atoms with Crippen LogP contribution in [0.1, 0.15) is 32.1 Å². The predicted molar refractivity (Wildman–Crippen MR) is 116 cm³/mol. The van der Waals surface area contributed by atoms with E-state index in [-0.39, 0.29) is 19.6 Å². The Labute approximate surface area is 173 Å². The van der Waals surface area contributed by atoms with E-state index >= 15 is 0 Å². The van der Waals surface area contributed by atoms with E-state index in [1.54, 1.807) is 60.7 Å². The van der Waals surface area contributed by atoms with Gasteiger partial charge in [0.1, 0.15) is 0 Å². The molecule has 0 aliphatic rings. The fraction of sp³-hybridized carbons (Fsp3) is 0.217. The normalized spacial score (nSPS) is 11.3. The quantitative estimate of drug-likeness (QED) is 0.384. The molecule has 0 heterocycles. The van der Waals surface area contributed by atoms with Crippen molar-refractivity contribution >= 4 is 19.7 Å². The van der Waals surface area contributed by atoms with Crippen molar-refractivity contribution in [3.05, 3.63) is 95.1 Å². The lowest BCUT2D eigenvalue weighted by Crippen LogP contribution is -2.05. The molecule has 4 nitrogen and oxygen atoms in total. The summed E-state index contributed by atoms with van der Waals surface area (Å²) in [6.07, 6.45) is 2.43. The minimum atomic E-state index is -3.60. The van der Waals surface area contributed by atoms with Gasteiger partial charge in [-0.3, -0.25) is 0 Å². The summed E-state index contributed by atoms with van der Waals surface area (Å²) in [5.41, 5.74) is 5.11. The largest absolute Gasteiger partial charge is 0.218 e. The second-order valence-electron chi connectivity index (χ2n) is 6.39. The standard InChI is InChI=1S/C23H24O4S2/c1-3-20(28(24,25)22-16-10-6-11-17-22)14-8-5-9-15-21(4-2)29(26,27)23-18-12-7-13-19-23/h6-7,10-13,16-19H,1-2,5,8-9,14-15H2. The van der Waals surface area contributed by atoms with Crippen LogP contribution < -0.4 is 0 Å². The van der Waals surface area contributed by atoms with Gasteiger partial charge in [-0.2, -0.15) is 0 Å². The third-order valence-corrected chi connectivity index (χ3v) is 8.24. The minimum absolute atomic E-state index is 0.153. The van der Waals surface area contributed by atoms with E-state index in [0.717, 1.165) is 0 Å². The van der Waals surface area contributed by atoms with E-state index in [1.807, 2.05) is 0 Å². The first kappa shape index (κ1) is 22.7. The molecular formula is C23H24O4S2. The van der Waals surface area contributed by atoms with Gasteiger partial charge in [-0.25, -0.2) is 16.8 Å². The van der Waals surface area contributed by atoms with Gasteiger partial charge in [0.25, 0.3) is 0 Å². The summed E-state index contributed by atoms with van der Waals surface area (Å²) < 4.78 is 50.5. The zero-order chi connectivity index (χ0) is 21.3. The molecule has 0 amide bonds. The molecule has 6 heteroatoms. The molecule has 0 atom stereocenters. The van der Waals surface area contributed by atoms with Crippen molar-refractivity contribution in [3.63, 3.8) is 0 Å². The van der Waals surface area contributed by atoms with E-state index in [2.05, 4.69) is 24.6 Å². The van der Waals surface area contributed by atoms with Gasteiger partial charge in [-0.1, -0.05) is 56.0 Å². The molecule has 0 aliphatic carbocycles. The summed E-state index contributed by atoms with van der Waals surface area (Å²) in [7, 11) is -7.20. The number of benzene rings is 2. The Hall–Kier alpha value is -2.62. The number of hydrogen-bond acceptors (Lipinski definition) is 4. The maximum absolute atomic E-state index is 12.6. The van der Waals surface area contributed by atoms with Crippen LogP contribution in [0.5, 0.6) is 0 Å². The summed E-state index contributed by atoms with van der Waals surface area (Å²) in [5, 5.41) is 0. The van der Waals surface area contributed by atoms with Crippen LogP contribution in [-0.4, -0.2) is 16.8 Å². The minimum Gasteiger partial charge on any atom is -0.218 e. The van der Waals surface area contributed by atoms with Crippen LogP contribution in [0, 0.1) is 0 Å². The number of unbranched alkanes of at least 4 members (excludes halogenated alkanes) is 2. The smallest absolute Gasteiger partial charge is 0.209 e. The number of sulfone groups is 2. The molecule has 0 unspecified atom stereocenters. The molecule has 152 valence electrons. The average Bonchev–Trinajstić information content (AvgIpc) is 2.74. The van der Waals surface area contributed by atoms with E-state index < -0.39 is 19.7 Å². The van der Waals surface area contributed by atoms with E-state index in [9.17, 15) is 16.8 Å². The van der Waals surface area contributed by atoms with Crippen molar-refractivity contribution < 1.29 is 16.8 Å². The van der Waals surface area contributed by atoms with Crippen molar-refractivity contribution in [3.8, 4) is 0 Å². The van der Waals surface area contributed by atoms with Gasteiger partial charge in [-0.15, -0.1) is 11.5 Å². The van der Waals surface area contributed by atoms with Crippen molar-refractivity contribution in [2.24, 2.45) is 0 Å². The van der Waals surface area contributed by atoms with E-state index in [1.165, 1.54) is 0 Å². The molecule has 0 saturated heterocycles. The van der Waals surface area contributed by atoms with Gasteiger partial charge < -0.3 is 0 Å². The van der Waals surface area contributed by atoms with Gasteiger partial charge in [-0.05, 0) is 49.9 Å². The SMILES string of the molecule is C=C=C(CCCCCC(=C=C)S(=O)(=O)c1ccccc1)S(=O)(=O)c1ccccc1. The summed E-state index contributed by atoms with van der Waals surface area (Å²) in [6, 6.07) is 16.4. The number of hydrogen-bond donors (Lipinski definition) is 0. The molecule has 0 fully saturated rings. The molecule has 2 aromatic rings. The highest BCUT2D eigenvalue weighted by Gasteiger charge is 2.21. The van der Waals surface area contributed by atoms with Crippen LogP contribution in [-0.2, 0) is 19.7 Å². The Morgan fingerprint density at radius 3 is 1.28 bits per heavy atom. The molecule has 29 heavy (non-hydrogen) atoms. The second kappa shape index (κ2) is 10.2. The molecule has 0 saturated carbocycles. The first-order valence-electron chi connectivity index (χ1n) is 9.22. The van der Waals surface area contributed by atoms with Gasteiger partial charge in [0.05, 0.1) is 19.6 Å². The second-order valence-corrected chi connectivity index (χ2v) is 10.3. The molecule has 0 aliphatic heterocycles. The zero-order valence-electron chi connectivity index (χ0n) is 16.2. The van der Waals surface area contributed by atoms with Crippen LogP contribution >= 0.6 is 0 Å². The van der Waals surface area contributed by atoms with Gasteiger partial charge in [0.2, 0.25) is 19.7 Å². The molecule has 2 aromatic carbocycles. The van der Waals surface area contributed by atoms with Gasteiger partial charge >= 0.3 is 0 Å². The Balaban J connectivity index is 1.93. The zero-order valence-corrected chi connectivity index (χ0v) is 17.8. The van der Waals surface area contributed by atoms with Crippen molar-refractivity contribution in [2.75, 3.05) is 0 Å². The monoisotopic (exact) mass is 428 g/mol. The third-order valence-electron chi connectivity index (χ3n) is 4.46. The third kappa shape index (κ3) is 5.69. The Morgan fingerprint density at radius 1 is 0.621 bits per heavy atom. The molecule has 0 spiro atoms. The topological polar surface area (TPSA) is 68.3 Å². The van der Waals surface area contributed by atoms with E-state index in [4.69, 9.17) is 0 Å². The lowest BCUT2D eigenvalue weighted by Gasteiger charge is -2.09. The highest BCUT2D eigenvalue weighted by Crippen LogP contribution is 2.25. The predicted octanol–water partition coefficient (Wildman–Crippen LogP) is 5.22. The number of allylic oxidation sites excluding steroid dienone is 2. The van der Waals surface area contributed by atoms with Crippen molar-refractivity contribution in [1.82, 2.24) is 0 Å².